The molecule has 3 heterocycles. The molecular weight excluding hydrogens is 789 g/mol. The minimum absolute atomic E-state index is 0.00223. The summed E-state index contributed by atoms with van der Waals surface area (Å²) in [5.74, 6) is -5.87. The number of carboxylic acid groups (broad SMARTS) is 1. The number of ether oxygens (including phenoxy) is 1. The molecular formula is C49H50N4O9. The highest BCUT2D eigenvalue weighted by atomic mass is 16.5. The maximum absolute atomic E-state index is 14.6. The number of fused-ring (bicyclic) bond motifs is 16. The van der Waals surface area contributed by atoms with Crippen molar-refractivity contribution < 1.29 is 43.7 Å². The minimum atomic E-state index is -1.61. The molecule has 5 aromatic rings. The normalized spacial score (nSPS) is 19.4. The van der Waals surface area contributed by atoms with Crippen LogP contribution in [0.3, 0.4) is 0 Å². The number of carbonyl (C=O) groups is 6. The van der Waals surface area contributed by atoms with Gasteiger partial charge in [-0.2, -0.15) is 0 Å². The number of nitrogens with zero attached hydrogens (tertiary/aromatic N) is 1. The van der Waals surface area contributed by atoms with E-state index in [0.29, 0.717) is 17.7 Å². The highest BCUT2D eigenvalue weighted by Gasteiger charge is 2.33. The third kappa shape index (κ3) is 13.0. The van der Waals surface area contributed by atoms with E-state index < -0.39 is 66.0 Å². The van der Waals surface area contributed by atoms with Crippen LogP contribution in [0.5, 0.6) is 5.75 Å². The monoisotopic (exact) mass is 838 g/mol. The van der Waals surface area contributed by atoms with Crippen LogP contribution >= 0.6 is 0 Å². The average molecular weight is 839 g/mol. The number of benzene rings is 4. The van der Waals surface area contributed by atoms with Gasteiger partial charge in [-0.15, -0.1) is 0 Å². The van der Waals surface area contributed by atoms with Gasteiger partial charge in [0.15, 0.2) is 11.6 Å². The van der Waals surface area contributed by atoms with Gasteiger partial charge in [0.25, 0.3) is 0 Å². The van der Waals surface area contributed by atoms with Gasteiger partial charge in [-0.05, 0) is 83.3 Å². The Morgan fingerprint density at radius 2 is 1.32 bits per heavy atom. The maximum Gasteiger partial charge on any atom is 0.328 e. The van der Waals surface area contributed by atoms with Crippen molar-refractivity contribution >= 4 is 35.3 Å². The first-order chi connectivity index (χ1) is 30.0. The second-order valence-corrected chi connectivity index (χ2v) is 15.5. The SMILES string of the molecule is O=C1COc2ccc(cc2)C[C@@H](C(=O)N[C@H](CO)C(=O)O)CC(=O)[C@H](CCc2ccccc2)NC(=O)[C@@H](Cc2ccc(-c3ccccc3)cc2)NC(=O)[C@H](Cc2ccncc2)C1. The fourth-order valence-corrected chi connectivity index (χ4v) is 7.42. The van der Waals surface area contributed by atoms with E-state index in [1.54, 1.807) is 48.8 Å². The van der Waals surface area contributed by atoms with Crippen LogP contribution in [0.4, 0.5) is 0 Å². The summed E-state index contributed by atoms with van der Waals surface area (Å²) in [5.41, 5.74) is 4.96. The largest absolute Gasteiger partial charge is 0.486 e. The molecule has 0 spiro atoms. The maximum atomic E-state index is 14.6. The van der Waals surface area contributed by atoms with Crippen LogP contribution in [0.2, 0.25) is 0 Å². The fraction of sp³-hybridized carbons (Fsp3) is 0.286. The molecule has 0 unspecified atom stereocenters. The van der Waals surface area contributed by atoms with Crippen LogP contribution < -0.4 is 20.7 Å². The number of carboxylic acids is 1. The van der Waals surface area contributed by atoms with E-state index in [2.05, 4.69) is 20.9 Å². The van der Waals surface area contributed by atoms with Crippen molar-refractivity contribution in [1.82, 2.24) is 20.9 Å². The molecule has 320 valence electrons. The number of hydrogen-bond acceptors (Lipinski definition) is 9. The zero-order valence-electron chi connectivity index (χ0n) is 34.2. The molecule has 1 aromatic heterocycles. The van der Waals surface area contributed by atoms with Crippen LogP contribution in [-0.2, 0) is 54.5 Å². The van der Waals surface area contributed by atoms with Crippen LogP contribution in [-0.4, -0.2) is 81.8 Å². The highest BCUT2D eigenvalue weighted by molar-refractivity contribution is 5.96. The Bertz CT molecular complexity index is 2290. The summed E-state index contributed by atoms with van der Waals surface area (Å²) in [4.78, 5) is 86.4. The number of hydrogen-bond donors (Lipinski definition) is 5. The van der Waals surface area contributed by atoms with E-state index in [0.717, 1.165) is 27.8 Å². The zero-order chi connectivity index (χ0) is 43.8. The number of Topliss-reactive ketones (excluding diaryl/α,β-unsaturated/α-hetero) is 2. The van der Waals surface area contributed by atoms with Crippen molar-refractivity contribution in [3.05, 3.63) is 156 Å². The van der Waals surface area contributed by atoms with Crippen LogP contribution in [0, 0.1) is 11.8 Å². The predicted octanol–water partition coefficient (Wildman–Crippen LogP) is 4.48. The molecule has 13 heteroatoms. The van der Waals surface area contributed by atoms with E-state index in [4.69, 9.17) is 4.74 Å². The van der Waals surface area contributed by atoms with Crippen molar-refractivity contribution in [3.63, 3.8) is 0 Å². The number of amides is 3. The highest BCUT2D eigenvalue weighted by Crippen LogP contribution is 2.23. The fourth-order valence-electron chi connectivity index (χ4n) is 7.42. The van der Waals surface area contributed by atoms with Crippen LogP contribution in [0.15, 0.2) is 134 Å². The Labute approximate surface area is 359 Å². The number of aromatic nitrogens is 1. The first-order valence-electron chi connectivity index (χ1n) is 20.6. The predicted molar refractivity (Wildman–Crippen MR) is 231 cm³/mol. The lowest BCUT2D eigenvalue weighted by atomic mass is 9.89. The Morgan fingerprint density at radius 3 is 1.98 bits per heavy atom. The topological polar surface area (TPSA) is 201 Å². The third-order valence-corrected chi connectivity index (χ3v) is 10.9. The summed E-state index contributed by atoms with van der Waals surface area (Å²) >= 11 is 0. The Hall–Kier alpha value is -6.99. The summed E-state index contributed by atoms with van der Waals surface area (Å²) in [6.45, 7) is -1.20. The lowest BCUT2D eigenvalue weighted by Crippen LogP contribution is -2.54. The molecule has 3 amide bonds. The van der Waals surface area contributed by atoms with Crippen molar-refractivity contribution in [2.24, 2.45) is 11.8 Å². The van der Waals surface area contributed by atoms with Crippen molar-refractivity contribution in [3.8, 4) is 16.9 Å². The Balaban J connectivity index is 1.36. The molecule has 2 aliphatic heterocycles. The summed E-state index contributed by atoms with van der Waals surface area (Å²) in [5, 5.41) is 27.4. The van der Waals surface area contributed by atoms with Crippen LogP contribution in [0.1, 0.15) is 41.5 Å². The Morgan fingerprint density at radius 1 is 0.694 bits per heavy atom. The van der Waals surface area contributed by atoms with Crippen molar-refractivity contribution in [1.29, 1.82) is 0 Å². The summed E-state index contributed by atoms with van der Waals surface area (Å²) in [6, 6.07) is 32.9. The minimum Gasteiger partial charge on any atom is -0.486 e. The molecule has 0 saturated heterocycles. The van der Waals surface area contributed by atoms with Gasteiger partial charge >= 0.3 is 5.97 Å². The molecule has 7 rings (SSSR count). The van der Waals surface area contributed by atoms with Gasteiger partial charge in [-0.3, -0.25) is 29.0 Å². The molecule has 13 nitrogen and oxygen atoms in total. The first-order valence-corrected chi connectivity index (χ1v) is 20.6. The summed E-state index contributed by atoms with van der Waals surface area (Å²) < 4.78 is 5.81. The van der Waals surface area contributed by atoms with Gasteiger partial charge in [0.05, 0.1) is 12.6 Å². The third-order valence-electron chi connectivity index (χ3n) is 10.9. The average Bonchev–Trinajstić information content (AvgIpc) is 3.29. The first kappa shape index (κ1) is 44.6. The van der Waals surface area contributed by atoms with Gasteiger partial charge in [0.1, 0.15) is 24.4 Å². The molecule has 2 bridgehead atoms. The molecule has 5 N–H and O–H groups in total. The molecule has 62 heavy (non-hydrogen) atoms. The zero-order valence-corrected chi connectivity index (χ0v) is 34.2. The number of pyridine rings is 1. The van der Waals surface area contributed by atoms with E-state index in [-0.39, 0.29) is 50.9 Å². The number of aliphatic carboxylic acids is 1. The number of ketones is 2. The number of nitrogens with one attached hydrogen (secondary N) is 3. The van der Waals surface area contributed by atoms with Gasteiger partial charge in [-0.1, -0.05) is 97.1 Å². The molecule has 0 fully saturated rings. The molecule has 0 aliphatic carbocycles. The molecule has 5 atom stereocenters. The summed E-state index contributed by atoms with van der Waals surface area (Å²) in [6.07, 6.45) is 3.37. The van der Waals surface area contributed by atoms with E-state index in [9.17, 15) is 39.0 Å². The van der Waals surface area contributed by atoms with Crippen LogP contribution in [0.25, 0.3) is 11.1 Å². The smallest absolute Gasteiger partial charge is 0.328 e. The van der Waals surface area contributed by atoms with E-state index >= 15 is 0 Å². The Kier molecular flexibility index (Phi) is 15.8. The van der Waals surface area contributed by atoms with E-state index in [1.165, 1.54) is 0 Å². The molecule has 0 saturated carbocycles. The number of aryl methyl sites for hydroxylation is 1. The van der Waals surface area contributed by atoms with Gasteiger partial charge in [0, 0.05) is 43.5 Å². The number of rotatable bonds is 12. The quantitative estimate of drug-likeness (QED) is 0.119. The standard InChI is InChI=1S/C49H50N4O9/c54-30-44(49(60)61)53-47(58)39-25-33-13-18-41(19-14-33)62-31-40(55)28-38(26-35-21-23-50-24-22-35)46(57)52-43(27-34-11-16-37(17-12-34)36-9-5-2-6-10-36)48(59)51-42(45(56)29-39)20-15-32-7-3-1-4-8-32/h1-14,16-19,21-24,38-39,42-44,54H,15,20,25-31H2,(H,51,59)(H,52,57)(H,53,58)(H,60,61)/t38-,39-,42+,43-,44-/m1/s1. The van der Waals surface area contributed by atoms with Crippen molar-refractivity contribution in [2.45, 2.75) is 63.1 Å². The molecule has 0 radical (unpaired) electrons. The second-order valence-electron chi connectivity index (χ2n) is 15.5. The summed E-state index contributed by atoms with van der Waals surface area (Å²) in [7, 11) is 0. The lowest BCUT2D eigenvalue weighted by molar-refractivity contribution is -0.143. The van der Waals surface area contributed by atoms with Gasteiger partial charge in [0.2, 0.25) is 17.7 Å². The molecule has 2 aliphatic rings. The second kappa shape index (κ2) is 22.0. The number of aliphatic hydroxyl groups excluding tert-OH is 1. The van der Waals surface area contributed by atoms with Gasteiger partial charge < -0.3 is 30.9 Å². The lowest BCUT2D eigenvalue weighted by Gasteiger charge is -2.26. The number of carbonyl (C=O) groups excluding carboxylic acids is 5. The molecule has 4 aromatic carbocycles. The van der Waals surface area contributed by atoms with Crippen molar-refractivity contribution in [2.75, 3.05) is 13.2 Å². The van der Waals surface area contributed by atoms with Gasteiger partial charge in [-0.25, -0.2) is 4.79 Å². The number of aliphatic hydroxyl groups is 1. The van der Waals surface area contributed by atoms with E-state index in [1.807, 2.05) is 84.9 Å².